The third kappa shape index (κ3) is 8.40. The molecule has 9 nitrogen and oxygen atoms in total. The molecule has 194 valence electrons. The molecule has 0 aliphatic carbocycles. The molecule has 0 aliphatic rings. The summed E-state index contributed by atoms with van der Waals surface area (Å²) in [5, 5.41) is 33.7. The van der Waals surface area contributed by atoms with Crippen molar-refractivity contribution in [1.29, 1.82) is 0 Å². The van der Waals surface area contributed by atoms with Crippen LogP contribution < -0.4 is 4.74 Å². The zero-order chi connectivity index (χ0) is 26.7. The van der Waals surface area contributed by atoms with Crippen LogP contribution in [0.1, 0.15) is 23.7 Å². The summed E-state index contributed by atoms with van der Waals surface area (Å²) in [5.74, 6) is -2.46. The number of amides is 1. The van der Waals surface area contributed by atoms with Crippen molar-refractivity contribution in [2.75, 3.05) is 20.3 Å². The highest BCUT2D eigenvalue weighted by Crippen LogP contribution is 2.23. The Kier molecular flexibility index (Phi) is 10.4. The summed E-state index contributed by atoms with van der Waals surface area (Å²) in [6, 6.07) is 14.6. The van der Waals surface area contributed by atoms with Crippen molar-refractivity contribution in [2.24, 2.45) is 0 Å². The molecule has 0 spiro atoms. The molecule has 1 atom stereocenters. The number of aromatic amines is 1. The molecule has 1 amide bonds. The molecule has 4 N–H and O–H groups in total. The highest BCUT2D eigenvalue weighted by molar-refractivity contribution is 5.82. The first-order valence-electron chi connectivity index (χ1n) is 10.7. The Morgan fingerprint density at radius 2 is 1.81 bits per heavy atom. The standard InChI is InChI=1S/C22H25N3O4.C2HF3O2/c1-29-20-5-2-4-16(12-20)15-25(10-3-11-26)22(28)21(27)18-8-6-17(7-9-18)19-13-23-24-14-19;3-2(4,5)1(6)7/h2,4-9,12-14,21,26-27H,3,10-11,15H2,1H3,(H,23,24);(H,6,7). The number of hydrogen-bond acceptors (Lipinski definition) is 6. The SMILES string of the molecule is COc1cccc(CN(CCCO)C(=O)C(O)c2ccc(-c3cn[nH]c3)cc2)c1.O=C(O)C(F)(F)F. The van der Waals surface area contributed by atoms with E-state index in [1.807, 2.05) is 36.4 Å². The first-order valence-corrected chi connectivity index (χ1v) is 10.7. The summed E-state index contributed by atoms with van der Waals surface area (Å²) in [7, 11) is 1.59. The molecule has 36 heavy (non-hydrogen) atoms. The predicted molar refractivity (Wildman–Crippen MR) is 123 cm³/mol. The van der Waals surface area contributed by atoms with Gasteiger partial charge in [0.2, 0.25) is 0 Å². The number of hydrogen-bond donors (Lipinski definition) is 4. The van der Waals surface area contributed by atoms with Crippen LogP contribution >= 0.6 is 0 Å². The van der Waals surface area contributed by atoms with E-state index < -0.39 is 24.2 Å². The monoisotopic (exact) mass is 509 g/mol. The van der Waals surface area contributed by atoms with Crippen LogP contribution in [0, 0.1) is 0 Å². The third-order valence-electron chi connectivity index (χ3n) is 4.94. The summed E-state index contributed by atoms with van der Waals surface area (Å²) < 4.78 is 37.0. The van der Waals surface area contributed by atoms with Crippen LogP contribution in [0.25, 0.3) is 11.1 Å². The first-order chi connectivity index (χ1) is 17.1. The second kappa shape index (κ2) is 13.3. The van der Waals surface area contributed by atoms with Crippen molar-refractivity contribution in [2.45, 2.75) is 25.2 Å². The summed E-state index contributed by atoms with van der Waals surface area (Å²) in [4.78, 5) is 23.4. The number of H-pyrrole nitrogens is 1. The minimum absolute atomic E-state index is 0.0304. The van der Waals surface area contributed by atoms with Crippen LogP contribution in [0.5, 0.6) is 5.75 Å². The molecule has 0 saturated heterocycles. The lowest BCUT2D eigenvalue weighted by Gasteiger charge is -2.25. The molecule has 0 fully saturated rings. The number of carboxylic acid groups (broad SMARTS) is 1. The average molecular weight is 509 g/mol. The normalized spacial score (nSPS) is 11.7. The molecule has 0 saturated carbocycles. The third-order valence-corrected chi connectivity index (χ3v) is 4.94. The molecule has 0 radical (unpaired) electrons. The molecular formula is C24H26F3N3O6. The van der Waals surface area contributed by atoms with Gasteiger partial charge in [0.25, 0.3) is 5.91 Å². The number of alkyl halides is 3. The maximum atomic E-state index is 13.0. The summed E-state index contributed by atoms with van der Waals surface area (Å²) in [6.07, 6.45) is -2.44. The van der Waals surface area contributed by atoms with Gasteiger partial charge < -0.3 is 25.0 Å². The van der Waals surface area contributed by atoms with Crippen molar-refractivity contribution in [1.82, 2.24) is 15.1 Å². The first kappa shape index (κ1) is 28.3. The smallest absolute Gasteiger partial charge is 0.490 e. The Labute approximate surface area is 204 Å². The van der Waals surface area contributed by atoms with Gasteiger partial charge in [-0.1, -0.05) is 36.4 Å². The average Bonchev–Trinajstić information content (AvgIpc) is 3.41. The van der Waals surface area contributed by atoms with Crippen molar-refractivity contribution < 1.29 is 42.8 Å². The van der Waals surface area contributed by atoms with Crippen LogP contribution in [0.2, 0.25) is 0 Å². The van der Waals surface area contributed by atoms with Crippen molar-refractivity contribution in [3.05, 3.63) is 72.1 Å². The molecule has 0 bridgehead atoms. The van der Waals surface area contributed by atoms with Gasteiger partial charge in [-0.15, -0.1) is 0 Å². The lowest BCUT2D eigenvalue weighted by Crippen LogP contribution is -2.35. The van der Waals surface area contributed by atoms with E-state index in [9.17, 15) is 28.2 Å². The Bertz CT molecular complexity index is 1110. The number of aromatic nitrogens is 2. The number of carbonyl (C=O) groups excluding carboxylic acids is 1. The number of benzene rings is 2. The second-order valence-corrected chi connectivity index (χ2v) is 7.50. The van der Waals surface area contributed by atoms with Gasteiger partial charge in [0.1, 0.15) is 5.75 Å². The van der Waals surface area contributed by atoms with Crippen LogP contribution in [0.15, 0.2) is 60.9 Å². The number of aliphatic hydroxyl groups excluding tert-OH is 2. The summed E-state index contributed by atoms with van der Waals surface area (Å²) in [5.41, 5.74) is 3.27. The van der Waals surface area contributed by atoms with Crippen LogP contribution in [-0.2, 0) is 16.1 Å². The van der Waals surface area contributed by atoms with Gasteiger partial charge >= 0.3 is 12.1 Å². The quantitative estimate of drug-likeness (QED) is 0.348. The highest BCUT2D eigenvalue weighted by atomic mass is 19.4. The number of aliphatic carboxylic acids is 1. The fourth-order valence-electron chi connectivity index (χ4n) is 3.10. The number of nitrogens with zero attached hydrogens (tertiary/aromatic N) is 2. The van der Waals surface area contributed by atoms with E-state index in [4.69, 9.17) is 14.6 Å². The molecule has 1 aromatic heterocycles. The van der Waals surface area contributed by atoms with E-state index >= 15 is 0 Å². The molecular weight excluding hydrogens is 483 g/mol. The number of nitrogens with one attached hydrogen (secondary N) is 1. The fourth-order valence-corrected chi connectivity index (χ4v) is 3.10. The maximum absolute atomic E-state index is 13.0. The number of aliphatic hydroxyl groups is 2. The Hall–Kier alpha value is -3.90. The highest BCUT2D eigenvalue weighted by Gasteiger charge is 2.38. The van der Waals surface area contributed by atoms with Crippen molar-refractivity contribution >= 4 is 11.9 Å². The Balaban J connectivity index is 0.000000572. The predicted octanol–water partition coefficient (Wildman–Crippen LogP) is 3.16. The lowest BCUT2D eigenvalue weighted by atomic mass is 10.0. The van der Waals surface area contributed by atoms with E-state index in [-0.39, 0.29) is 6.61 Å². The van der Waals surface area contributed by atoms with Gasteiger partial charge in [0, 0.05) is 31.5 Å². The summed E-state index contributed by atoms with van der Waals surface area (Å²) >= 11 is 0. The largest absolute Gasteiger partial charge is 0.497 e. The van der Waals surface area contributed by atoms with E-state index in [2.05, 4.69) is 10.2 Å². The molecule has 2 aromatic carbocycles. The number of methoxy groups -OCH3 is 1. The van der Waals surface area contributed by atoms with Gasteiger partial charge in [-0.05, 0) is 35.2 Å². The minimum Gasteiger partial charge on any atom is -0.497 e. The van der Waals surface area contributed by atoms with Gasteiger partial charge in [-0.2, -0.15) is 18.3 Å². The molecule has 0 aliphatic heterocycles. The van der Waals surface area contributed by atoms with E-state index in [1.54, 1.807) is 36.5 Å². The van der Waals surface area contributed by atoms with Gasteiger partial charge in [-0.25, -0.2) is 4.79 Å². The molecule has 3 rings (SSSR count). The zero-order valence-electron chi connectivity index (χ0n) is 19.3. The number of carbonyl (C=O) groups is 2. The minimum atomic E-state index is -5.08. The Morgan fingerprint density at radius 3 is 2.33 bits per heavy atom. The van der Waals surface area contributed by atoms with Crippen LogP contribution in [-0.4, -0.2) is 68.7 Å². The molecule has 3 aromatic rings. The van der Waals surface area contributed by atoms with Gasteiger partial charge in [-0.3, -0.25) is 9.89 Å². The maximum Gasteiger partial charge on any atom is 0.490 e. The lowest BCUT2D eigenvalue weighted by molar-refractivity contribution is -0.192. The second-order valence-electron chi connectivity index (χ2n) is 7.50. The van der Waals surface area contributed by atoms with E-state index in [0.29, 0.717) is 30.8 Å². The van der Waals surface area contributed by atoms with Crippen LogP contribution in [0.4, 0.5) is 13.2 Å². The number of ether oxygens (including phenoxy) is 1. The van der Waals surface area contributed by atoms with Gasteiger partial charge in [0.15, 0.2) is 6.10 Å². The van der Waals surface area contributed by atoms with Crippen molar-refractivity contribution in [3.8, 4) is 16.9 Å². The number of carboxylic acids is 1. The van der Waals surface area contributed by atoms with Crippen LogP contribution in [0.3, 0.4) is 0 Å². The Morgan fingerprint density at radius 1 is 1.14 bits per heavy atom. The molecule has 1 unspecified atom stereocenters. The summed E-state index contributed by atoms with van der Waals surface area (Å²) in [6.45, 7) is 0.633. The van der Waals surface area contributed by atoms with E-state index in [1.165, 1.54) is 0 Å². The zero-order valence-corrected chi connectivity index (χ0v) is 19.3. The number of rotatable bonds is 9. The number of halogens is 3. The van der Waals surface area contributed by atoms with Gasteiger partial charge in [0.05, 0.1) is 13.3 Å². The topological polar surface area (TPSA) is 136 Å². The molecule has 1 heterocycles. The fraction of sp³-hybridized carbons (Fsp3) is 0.292. The van der Waals surface area contributed by atoms with E-state index in [0.717, 1.165) is 16.7 Å². The molecule has 12 heteroatoms. The van der Waals surface area contributed by atoms with Crippen molar-refractivity contribution in [3.63, 3.8) is 0 Å².